The molecule has 0 spiro atoms. The van der Waals surface area contributed by atoms with E-state index in [1.54, 1.807) is 0 Å². The summed E-state index contributed by atoms with van der Waals surface area (Å²) in [4.78, 5) is 4.18. The van der Waals surface area contributed by atoms with Gasteiger partial charge in [-0.25, -0.2) is 0 Å². The number of hydrogen-bond acceptors (Lipinski definition) is 2. The normalized spacial score (nSPS) is 23.6. The minimum atomic E-state index is -0.175. The van der Waals surface area contributed by atoms with Crippen molar-refractivity contribution >= 4 is 11.9 Å². The van der Waals surface area contributed by atoms with E-state index in [2.05, 4.69) is 38.0 Å². The summed E-state index contributed by atoms with van der Waals surface area (Å²) in [6.07, 6.45) is 0. The predicted molar refractivity (Wildman–Crippen MR) is 62.6 cm³/mol. The molecule has 1 aliphatic carbocycles. The summed E-state index contributed by atoms with van der Waals surface area (Å²) >= 11 is 0. The van der Waals surface area contributed by atoms with E-state index in [0.717, 1.165) is 0 Å². The fourth-order valence-corrected chi connectivity index (χ4v) is 2.16. The zero-order chi connectivity index (χ0) is 11.9. The highest BCUT2D eigenvalue weighted by atomic mass is 15.2. The van der Waals surface area contributed by atoms with Crippen LogP contribution in [0.2, 0.25) is 0 Å². The van der Waals surface area contributed by atoms with E-state index in [9.17, 15) is 0 Å². The first-order valence-electron chi connectivity index (χ1n) is 5.10. The van der Waals surface area contributed by atoms with Gasteiger partial charge in [-0.05, 0) is 16.7 Å². The van der Waals surface area contributed by atoms with Gasteiger partial charge in [0.25, 0.3) is 0 Å². The van der Waals surface area contributed by atoms with Crippen LogP contribution in [0.4, 0.5) is 0 Å². The molecule has 1 aliphatic rings. The number of guanidine groups is 2. The average molecular weight is 211 g/mol. The molecule has 0 bridgehead atoms. The van der Waals surface area contributed by atoms with Gasteiger partial charge >= 0.3 is 0 Å². The van der Waals surface area contributed by atoms with Crippen molar-refractivity contribution in [1.29, 1.82) is 5.41 Å². The van der Waals surface area contributed by atoms with Crippen LogP contribution < -0.4 is 16.8 Å². The van der Waals surface area contributed by atoms with Gasteiger partial charge in [-0.15, -0.1) is 0 Å². The maximum Gasteiger partial charge on any atom is 0.195 e. The van der Waals surface area contributed by atoms with E-state index in [0.29, 0.717) is 23.3 Å². The van der Waals surface area contributed by atoms with Crippen LogP contribution in [0.1, 0.15) is 27.7 Å². The highest BCUT2D eigenvalue weighted by Gasteiger charge is 2.64. The minimum absolute atomic E-state index is 0.175. The molecule has 0 unspecified atom stereocenters. The lowest BCUT2D eigenvalue weighted by Gasteiger charge is -2.04. The van der Waals surface area contributed by atoms with Gasteiger partial charge in [0.05, 0.1) is 0 Å². The smallest absolute Gasteiger partial charge is 0.195 e. The molecule has 0 aromatic carbocycles. The zero-order valence-electron chi connectivity index (χ0n) is 9.89. The molecule has 1 saturated carbocycles. The third-order valence-corrected chi connectivity index (χ3v) is 4.03. The summed E-state index contributed by atoms with van der Waals surface area (Å²) in [5.74, 6) is 0.587. The summed E-state index contributed by atoms with van der Waals surface area (Å²) in [7, 11) is 0. The van der Waals surface area contributed by atoms with Gasteiger partial charge in [0.2, 0.25) is 0 Å². The lowest BCUT2D eigenvalue weighted by atomic mass is 10.0. The summed E-state index contributed by atoms with van der Waals surface area (Å²) in [5, 5.41) is 9.46. The van der Waals surface area contributed by atoms with Gasteiger partial charge in [0.1, 0.15) is 0 Å². The van der Waals surface area contributed by atoms with Crippen LogP contribution in [0.15, 0.2) is 4.99 Å². The van der Waals surface area contributed by atoms with Crippen LogP contribution in [0, 0.1) is 22.2 Å². The Bertz CT molecular complexity index is 289. The number of nitrogens with two attached hydrogens (primary N) is 2. The van der Waals surface area contributed by atoms with Crippen LogP contribution in [-0.4, -0.2) is 18.5 Å². The summed E-state index contributed by atoms with van der Waals surface area (Å²) in [5.41, 5.74) is 11.3. The van der Waals surface area contributed by atoms with E-state index < -0.39 is 0 Å². The molecule has 5 nitrogen and oxygen atoms in total. The quantitative estimate of drug-likeness (QED) is 0.394. The second-order valence-corrected chi connectivity index (χ2v) is 5.26. The number of hydrogen-bond donors (Lipinski definition) is 4. The Hall–Kier alpha value is -1.26. The molecule has 0 atom stereocenters. The summed E-state index contributed by atoms with van der Waals surface area (Å²) < 4.78 is 0. The van der Waals surface area contributed by atoms with Gasteiger partial charge in [0, 0.05) is 6.54 Å². The molecule has 6 N–H and O–H groups in total. The second kappa shape index (κ2) is 3.40. The summed E-state index contributed by atoms with van der Waals surface area (Å²) in [6, 6.07) is 0. The molecule has 0 radical (unpaired) electrons. The highest BCUT2D eigenvalue weighted by molar-refractivity contribution is 5.95. The van der Waals surface area contributed by atoms with Crippen molar-refractivity contribution in [2.24, 2.45) is 33.2 Å². The van der Waals surface area contributed by atoms with Gasteiger partial charge in [-0.2, -0.15) is 0 Å². The molecule has 1 fully saturated rings. The van der Waals surface area contributed by atoms with E-state index in [1.165, 1.54) is 0 Å². The molecular formula is C10H21N5. The Labute approximate surface area is 90.8 Å². The van der Waals surface area contributed by atoms with Gasteiger partial charge < -0.3 is 11.5 Å². The second-order valence-electron chi connectivity index (χ2n) is 5.26. The Morgan fingerprint density at radius 1 is 1.27 bits per heavy atom. The van der Waals surface area contributed by atoms with E-state index >= 15 is 0 Å². The highest BCUT2D eigenvalue weighted by Crippen LogP contribution is 2.68. The fraction of sp³-hybridized carbons (Fsp3) is 0.800. The van der Waals surface area contributed by atoms with Gasteiger partial charge in [0.15, 0.2) is 11.9 Å². The van der Waals surface area contributed by atoms with Crippen molar-refractivity contribution in [2.45, 2.75) is 27.7 Å². The Kier molecular flexibility index (Phi) is 2.67. The first-order valence-corrected chi connectivity index (χ1v) is 5.10. The first kappa shape index (κ1) is 11.8. The van der Waals surface area contributed by atoms with E-state index in [-0.39, 0.29) is 11.9 Å². The predicted octanol–water partition coefficient (Wildman–Crippen LogP) is 0.466. The number of rotatable bonds is 2. The standard InChI is InChI=1S/C10H21N5/c1-9(2)6(10(9,3)4)5-14-8(13)15-7(11)12/h6H,5H2,1-4H3,(H6,11,12,13,14,15). The van der Waals surface area contributed by atoms with Crippen molar-refractivity contribution in [3.63, 3.8) is 0 Å². The Morgan fingerprint density at radius 2 is 1.73 bits per heavy atom. The van der Waals surface area contributed by atoms with E-state index in [1.807, 2.05) is 0 Å². The first-order chi connectivity index (χ1) is 6.69. The van der Waals surface area contributed by atoms with Crippen molar-refractivity contribution in [1.82, 2.24) is 5.32 Å². The van der Waals surface area contributed by atoms with Crippen molar-refractivity contribution in [3.8, 4) is 0 Å². The van der Waals surface area contributed by atoms with Crippen LogP contribution in [-0.2, 0) is 0 Å². The third-order valence-electron chi connectivity index (χ3n) is 4.03. The molecule has 15 heavy (non-hydrogen) atoms. The van der Waals surface area contributed by atoms with Crippen LogP contribution in [0.25, 0.3) is 0 Å². The Morgan fingerprint density at radius 3 is 2.07 bits per heavy atom. The lowest BCUT2D eigenvalue weighted by molar-refractivity contribution is 0.457. The lowest BCUT2D eigenvalue weighted by Crippen LogP contribution is -2.41. The minimum Gasteiger partial charge on any atom is -0.370 e. The van der Waals surface area contributed by atoms with Gasteiger partial charge in [-0.3, -0.25) is 15.7 Å². The fourth-order valence-electron chi connectivity index (χ4n) is 2.16. The van der Waals surface area contributed by atoms with Crippen molar-refractivity contribution < 1.29 is 0 Å². The largest absolute Gasteiger partial charge is 0.370 e. The average Bonchev–Trinajstić information content (AvgIpc) is 2.38. The maximum absolute atomic E-state index is 6.99. The van der Waals surface area contributed by atoms with Gasteiger partial charge in [-0.1, -0.05) is 27.7 Å². The van der Waals surface area contributed by atoms with Crippen molar-refractivity contribution in [2.75, 3.05) is 6.54 Å². The van der Waals surface area contributed by atoms with Crippen LogP contribution in [0.3, 0.4) is 0 Å². The van der Waals surface area contributed by atoms with Crippen molar-refractivity contribution in [3.05, 3.63) is 0 Å². The molecule has 86 valence electrons. The molecular weight excluding hydrogens is 190 g/mol. The molecule has 0 amide bonds. The summed E-state index contributed by atoms with van der Waals surface area (Å²) in [6.45, 7) is 9.64. The number of nitrogens with zero attached hydrogens (tertiary/aromatic N) is 1. The number of nitrogens with one attached hydrogen (secondary N) is 2. The molecule has 0 aliphatic heterocycles. The maximum atomic E-state index is 6.99. The third kappa shape index (κ3) is 2.06. The molecule has 0 saturated heterocycles. The topological polar surface area (TPSA) is 100 Å². The Balaban J connectivity index is 2.49. The van der Waals surface area contributed by atoms with Crippen LogP contribution >= 0.6 is 0 Å². The van der Waals surface area contributed by atoms with Crippen LogP contribution in [0.5, 0.6) is 0 Å². The molecule has 1 rings (SSSR count). The molecule has 0 aromatic rings. The SMILES string of the molecule is CC1(C)C(CN=C(N)NC(=N)N)C1(C)C. The molecule has 5 heteroatoms. The monoisotopic (exact) mass is 211 g/mol. The number of aliphatic imine (C=N–C) groups is 1. The zero-order valence-corrected chi connectivity index (χ0v) is 9.89. The molecule has 0 heterocycles. The van der Waals surface area contributed by atoms with E-state index in [4.69, 9.17) is 16.9 Å². The molecule has 0 aromatic heterocycles.